The molecule has 0 unspecified atom stereocenters. The van der Waals surface area contributed by atoms with Gasteiger partial charge in [0.25, 0.3) is 5.91 Å². The fourth-order valence-corrected chi connectivity index (χ4v) is 3.86. The molecule has 4 nitrogen and oxygen atoms in total. The molecule has 0 bridgehead atoms. The lowest BCUT2D eigenvalue weighted by molar-refractivity contribution is 0.0940. The third-order valence-corrected chi connectivity index (χ3v) is 5.38. The Bertz CT molecular complexity index is 1010. The second kappa shape index (κ2) is 7.06. The summed E-state index contributed by atoms with van der Waals surface area (Å²) in [6.07, 6.45) is 4.53. The van der Waals surface area contributed by atoms with Gasteiger partial charge in [-0.25, -0.2) is 4.39 Å². The molecule has 2 N–H and O–H groups in total. The molecule has 1 atom stereocenters. The van der Waals surface area contributed by atoms with E-state index >= 15 is 0 Å². The summed E-state index contributed by atoms with van der Waals surface area (Å²) in [7, 11) is 1.43. The van der Waals surface area contributed by atoms with Gasteiger partial charge < -0.3 is 15.0 Å². The maximum Gasteiger partial charge on any atom is 0.251 e. The second-order valence-corrected chi connectivity index (χ2v) is 7.14. The molecule has 0 spiro atoms. The van der Waals surface area contributed by atoms with Crippen LogP contribution < -0.4 is 10.1 Å². The number of methoxy groups -OCH3 is 1. The van der Waals surface area contributed by atoms with Crippen LogP contribution in [0.3, 0.4) is 0 Å². The first-order valence-corrected chi connectivity index (χ1v) is 9.34. The number of hydrogen-bond donors (Lipinski definition) is 2. The summed E-state index contributed by atoms with van der Waals surface area (Å²) in [6.45, 7) is 1.84. The van der Waals surface area contributed by atoms with Gasteiger partial charge in [0.2, 0.25) is 0 Å². The number of benzene rings is 2. The third kappa shape index (κ3) is 3.29. The van der Waals surface area contributed by atoms with Crippen molar-refractivity contribution in [3.05, 3.63) is 64.6 Å². The molecular weight excluding hydrogens is 343 g/mol. The number of H-pyrrole nitrogens is 1. The lowest BCUT2D eigenvalue weighted by Gasteiger charge is -2.15. The number of aromatic nitrogens is 1. The minimum Gasteiger partial charge on any atom is -0.494 e. The summed E-state index contributed by atoms with van der Waals surface area (Å²) in [4.78, 5) is 16.2. The SMILES string of the molecule is COc1ccc([C@@H](C)NC(=O)c2ccc3[nH]c4c(c3c2)CCCC4)cc1F. The van der Waals surface area contributed by atoms with Crippen molar-refractivity contribution in [2.75, 3.05) is 7.11 Å². The van der Waals surface area contributed by atoms with E-state index in [0.717, 1.165) is 23.7 Å². The Labute approximate surface area is 157 Å². The molecule has 3 aromatic rings. The van der Waals surface area contributed by atoms with Crippen molar-refractivity contribution < 1.29 is 13.9 Å². The Balaban J connectivity index is 1.56. The summed E-state index contributed by atoms with van der Waals surface area (Å²) >= 11 is 0. The minimum atomic E-state index is -0.434. The third-order valence-electron chi connectivity index (χ3n) is 5.38. The van der Waals surface area contributed by atoms with Gasteiger partial charge in [-0.2, -0.15) is 0 Å². The molecule has 140 valence electrons. The van der Waals surface area contributed by atoms with Crippen molar-refractivity contribution in [1.29, 1.82) is 0 Å². The molecule has 0 aliphatic heterocycles. The van der Waals surface area contributed by atoms with Crippen LogP contribution in [0, 0.1) is 5.82 Å². The Kier molecular flexibility index (Phi) is 4.60. The molecule has 2 aromatic carbocycles. The summed E-state index contributed by atoms with van der Waals surface area (Å²) in [6, 6.07) is 10.2. The van der Waals surface area contributed by atoms with Crippen LogP contribution in [0.1, 0.15) is 53.0 Å². The van der Waals surface area contributed by atoms with Gasteiger partial charge in [-0.3, -0.25) is 4.79 Å². The quantitative estimate of drug-likeness (QED) is 0.704. The van der Waals surface area contributed by atoms with Crippen LogP contribution in [0.4, 0.5) is 4.39 Å². The number of nitrogens with one attached hydrogen (secondary N) is 2. The first-order valence-electron chi connectivity index (χ1n) is 9.34. The molecule has 0 saturated carbocycles. The van der Waals surface area contributed by atoms with Crippen molar-refractivity contribution in [2.45, 2.75) is 38.6 Å². The lowest BCUT2D eigenvalue weighted by atomic mass is 9.95. The maximum absolute atomic E-state index is 13.9. The predicted octanol–water partition coefficient (Wildman–Crippen LogP) is 4.69. The van der Waals surface area contributed by atoms with Crippen LogP contribution in [0.25, 0.3) is 10.9 Å². The highest BCUT2D eigenvalue weighted by molar-refractivity contribution is 5.99. The number of carbonyl (C=O) groups is 1. The van der Waals surface area contributed by atoms with E-state index in [9.17, 15) is 9.18 Å². The number of carbonyl (C=O) groups excluding carboxylic acids is 1. The molecule has 1 amide bonds. The first kappa shape index (κ1) is 17.6. The zero-order chi connectivity index (χ0) is 19.0. The molecule has 5 heteroatoms. The smallest absolute Gasteiger partial charge is 0.251 e. The van der Waals surface area contributed by atoms with Crippen molar-refractivity contribution in [2.24, 2.45) is 0 Å². The number of halogens is 1. The standard InChI is InChI=1S/C22H23FN2O2/c1-13(14-8-10-21(27-2)18(23)12-14)24-22(26)15-7-9-20-17(11-15)16-5-3-4-6-19(16)25-20/h7-13,25H,3-6H2,1-2H3,(H,24,26)/t13-/m1/s1. The molecule has 27 heavy (non-hydrogen) atoms. The average molecular weight is 366 g/mol. The van der Waals surface area contributed by atoms with Gasteiger partial charge in [-0.15, -0.1) is 0 Å². The van der Waals surface area contributed by atoms with Crippen LogP contribution in [0.15, 0.2) is 36.4 Å². The fraction of sp³-hybridized carbons (Fsp3) is 0.318. The predicted molar refractivity (Wildman–Crippen MR) is 104 cm³/mol. The van der Waals surface area contributed by atoms with Crippen molar-refractivity contribution in [3.8, 4) is 5.75 Å². The molecule has 0 radical (unpaired) electrons. The number of amides is 1. The molecule has 1 aliphatic carbocycles. The number of aromatic amines is 1. The Morgan fingerprint density at radius 2 is 2.00 bits per heavy atom. The summed E-state index contributed by atoms with van der Waals surface area (Å²) in [5.74, 6) is -0.400. The molecule has 1 aliphatic rings. The number of rotatable bonds is 4. The van der Waals surface area contributed by atoms with E-state index in [1.54, 1.807) is 12.1 Å². The minimum absolute atomic E-state index is 0.161. The van der Waals surface area contributed by atoms with Gasteiger partial charge in [0.05, 0.1) is 13.2 Å². The largest absolute Gasteiger partial charge is 0.494 e. The average Bonchev–Trinajstić information content (AvgIpc) is 3.05. The molecule has 0 fully saturated rings. The van der Waals surface area contributed by atoms with Crippen molar-refractivity contribution >= 4 is 16.8 Å². The van der Waals surface area contributed by atoms with Gasteiger partial charge >= 0.3 is 0 Å². The van der Waals surface area contributed by atoms with Gasteiger partial charge in [0, 0.05) is 22.2 Å². The van der Waals surface area contributed by atoms with Crippen LogP contribution in [-0.2, 0) is 12.8 Å². The summed E-state index contributed by atoms with van der Waals surface area (Å²) in [5.41, 5.74) is 5.05. The van der Waals surface area contributed by atoms with Crippen LogP contribution in [0.2, 0.25) is 0 Å². The fourth-order valence-electron chi connectivity index (χ4n) is 3.86. The first-order chi connectivity index (χ1) is 13.1. The molecule has 1 heterocycles. The van der Waals surface area contributed by atoms with Gasteiger partial charge in [0.1, 0.15) is 0 Å². The summed E-state index contributed by atoms with van der Waals surface area (Å²) in [5, 5.41) is 4.10. The number of fused-ring (bicyclic) bond motifs is 3. The molecule has 0 saturated heterocycles. The maximum atomic E-state index is 13.9. The summed E-state index contributed by atoms with van der Waals surface area (Å²) < 4.78 is 18.9. The highest BCUT2D eigenvalue weighted by Crippen LogP contribution is 2.30. The number of hydrogen-bond acceptors (Lipinski definition) is 2. The highest BCUT2D eigenvalue weighted by atomic mass is 19.1. The second-order valence-electron chi connectivity index (χ2n) is 7.14. The van der Waals surface area contributed by atoms with Gasteiger partial charge in [-0.05, 0) is 74.1 Å². The van der Waals surface area contributed by atoms with E-state index in [-0.39, 0.29) is 17.7 Å². The van der Waals surface area contributed by atoms with Crippen LogP contribution in [0.5, 0.6) is 5.75 Å². The Morgan fingerprint density at radius 1 is 1.19 bits per heavy atom. The van der Waals surface area contributed by atoms with E-state index in [0.29, 0.717) is 11.1 Å². The number of aryl methyl sites for hydroxylation is 2. The monoisotopic (exact) mass is 366 g/mol. The van der Waals surface area contributed by atoms with E-state index in [1.807, 2.05) is 25.1 Å². The topological polar surface area (TPSA) is 54.1 Å². The molecular formula is C22H23FN2O2. The van der Waals surface area contributed by atoms with Crippen LogP contribution in [-0.4, -0.2) is 18.0 Å². The molecule has 4 rings (SSSR count). The van der Waals surface area contributed by atoms with Crippen molar-refractivity contribution in [1.82, 2.24) is 10.3 Å². The zero-order valence-electron chi connectivity index (χ0n) is 15.6. The number of ether oxygens (including phenoxy) is 1. The van der Waals surface area contributed by atoms with Crippen LogP contribution >= 0.6 is 0 Å². The van der Waals surface area contributed by atoms with Crippen molar-refractivity contribution in [3.63, 3.8) is 0 Å². The lowest BCUT2D eigenvalue weighted by Crippen LogP contribution is -2.26. The Hall–Kier alpha value is -2.82. The van der Waals surface area contributed by atoms with E-state index in [4.69, 9.17) is 4.74 Å². The van der Waals surface area contributed by atoms with E-state index in [1.165, 1.54) is 37.3 Å². The highest BCUT2D eigenvalue weighted by Gasteiger charge is 2.18. The van der Waals surface area contributed by atoms with E-state index < -0.39 is 5.82 Å². The van der Waals surface area contributed by atoms with Gasteiger partial charge in [-0.1, -0.05) is 6.07 Å². The Morgan fingerprint density at radius 3 is 2.78 bits per heavy atom. The zero-order valence-corrected chi connectivity index (χ0v) is 15.6. The molecule has 1 aromatic heterocycles. The van der Waals surface area contributed by atoms with Gasteiger partial charge in [0.15, 0.2) is 11.6 Å². The normalized spacial score (nSPS) is 14.6. The van der Waals surface area contributed by atoms with E-state index in [2.05, 4.69) is 10.3 Å².